The van der Waals surface area contributed by atoms with Crippen molar-refractivity contribution in [2.45, 2.75) is 39.5 Å². The third-order valence-corrected chi connectivity index (χ3v) is 4.51. The molecule has 0 heterocycles. The highest BCUT2D eigenvalue weighted by atomic mass is 15.1. The molecule has 0 aromatic heterocycles. The Bertz CT molecular complexity index is 576. The van der Waals surface area contributed by atoms with Crippen molar-refractivity contribution in [3.8, 4) is 11.1 Å². The Labute approximate surface area is 148 Å². The van der Waals surface area contributed by atoms with E-state index in [1.54, 1.807) is 0 Å². The SMILES string of the molecule is CCCCN(CCCC)c1ccc(-c2ccc(N(C)C)cc2)cc1. The van der Waals surface area contributed by atoms with Crippen LogP contribution in [0, 0.1) is 0 Å². The van der Waals surface area contributed by atoms with Crippen LogP contribution in [0.4, 0.5) is 11.4 Å². The third kappa shape index (κ3) is 5.02. The summed E-state index contributed by atoms with van der Waals surface area (Å²) in [6.07, 6.45) is 5.02. The molecule has 0 N–H and O–H groups in total. The highest BCUT2D eigenvalue weighted by Gasteiger charge is 2.06. The zero-order chi connectivity index (χ0) is 17.4. The van der Waals surface area contributed by atoms with E-state index in [1.165, 1.54) is 48.2 Å². The summed E-state index contributed by atoms with van der Waals surface area (Å²) in [6.45, 7) is 6.84. The van der Waals surface area contributed by atoms with Crippen molar-refractivity contribution in [3.63, 3.8) is 0 Å². The van der Waals surface area contributed by atoms with Crippen LogP contribution in [0.25, 0.3) is 11.1 Å². The standard InChI is InChI=1S/C22H32N2/c1-5-7-17-24(18-8-6-2)22-15-11-20(12-16-22)19-9-13-21(14-10-19)23(3)4/h9-16H,5-8,17-18H2,1-4H3. The van der Waals surface area contributed by atoms with E-state index in [0.717, 1.165) is 13.1 Å². The Hall–Kier alpha value is -1.96. The molecular weight excluding hydrogens is 292 g/mol. The Kier molecular flexibility index (Phi) is 7.17. The molecule has 0 amide bonds. The minimum atomic E-state index is 1.16. The van der Waals surface area contributed by atoms with E-state index >= 15 is 0 Å². The van der Waals surface area contributed by atoms with E-state index in [9.17, 15) is 0 Å². The van der Waals surface area contributed by atoms with E-state index in [1.807, 2.05) is 0 Å². The van der Waals surface area contributed by atoms with Crippen LogP contribution in [0.15, 0.2) is 48.5 Å². The van der Waals surface area contributed by atoms with Crippen LogP contribution in [0.1, 0.15) is 39.5 Å². The van der Waals surface area contributed by atoms with Crippen molar-refractivity contribution in [1.29, 1.82) is 0 Å². The fourth-order valence-electron chi connectivity index (χ4n) is 2.88. The van der Waals surface area contributed by atoms with Gasteiger partial charge >= 0.3 is 0 Å². The lowest BCUT2D eigenvalue weighted by Crippen LogP contribution is -2.25. The number of rotatable bonds is 9. The zero-order valence-electron chi connectivity index (χ0n) is 15.8. The average molecular weight is 325 g/mol. The first-order valence-corrected chi connectivity index (χ1v) is 9.28. The second-order valence-electron chi connectivity index (χ2n) is 6.68. The lowest BCUT2D eigenvalue weighted by molar-refractivity contribution is 0.678. The molecule has 24 heavy (non-hydrogen) atoms. The van der Waals surface area contributed by atoms with Gasteiger partial charge in [-0.2, -0.15) is 0 Å². The lowest BCUT2D eigenvalue weighted by Gasteiger charge is -2.25. The lowest BCUT2D eigenvalue weighted by atomic mass is 10.0. The Morgan fingerprint density at radius 2 is 1.04 bits per heavy atom. The van der Waals surface area contributed by atoms with Gasteiger partial charge in [0.2, 0.25) is 0 Å². The molecule has 0 fully saturated rings. The van der Waals surface area contributed by atoms with Crippen LogP contribution in [-0.2, 0) is 0 Å². The van der Waals surface area contributed by atoms with Crippen molar-refractivity contribution in [2.75, 3.05) is 37.0 Å². The largest absolute Gasteiger partial charge is 0.378 e. The number of nitrogens with zero attached hydrogens (tertiary/aromatic N) is 2. The molecule has 0 saturated heterocycles. The van der Waals surface area contributed by atoms with Crippen molar-refractivity contribution >= 4 is 11.4 Å². The second-order valence-corrected chi connectivity index (χ2v) is 6.68. The molecule has 2 nitrogen and oxygen atoms in total. The summed E-state index contributed by atoms with van der Waals surface area (Å²) in [5.74, 6) is 0. The molecule has 0 aliphatic carbocycles. The summed E-state index contributed by atoms with van der Waals surface area (Å²) in [5, 5.41) is 0. The van der Waals surface area contributed by atoms with Crippen molar-refractivity contribution < 1.29 is 0 Å². The van der Waals surface area contributed by atoms with Gasteiger partial charge in [0.1, 0.15) is 0 Å². The molecule has 2 aromatic rings. The molecule has 0 radical (unpaired) electrons. The number of anilines is 2. The van der Waals surface area contributed by atoms with Gasteiger partial charge in [0.05, 0.1) is 0 Å². The minimum absolute atomic E-state index is 1.16. The normalized spacial score (nSPS) is 10.7. The van der Waals surface area contributed by atoms with Crippen LogP contribution >= 0.6 is 0 Å². The third-order valence-electron chi connectivity index (χ3n) is 4.51. The van der Waals surface area contributed by atoms with Gasteiger partial charge in [-0.3, -0.25) is 0 Å². The van der Waals surface area contributed by atoms with Gasteiger partial charge in [-0.05, 0) is 48.2 Å². The van der Waals surface area contributed by atoms with Gasteiger partial charge in [-0.1, -0.05) is 51.0 Å². The average Bonchev–Trinajstić information content (AvgIpc) is 2.62. The molecule has 0 bridgehead atoms. The summed E-state index contributed by atoms with van der Waals surface area (Å²) < 4.78 is 0. The number of hydrogen-bond donors (Lipinski definition) is 0. The molecule has 2 rings (SSSR count). The van der Waals surface area contributed by atoms with Gasteiger partial charge in [-0.15, -0.1) is 0 Å². The van der Waals surface area contributed by atoms with E-state index in [2.05, 4.69) is 86.3 Å². The van der Waals surface area contributed by atoms with Gasteiger partial charge < -0.3 is 9.80 Å². The molecule has 0 atom stereocenters. The first kappa shape index (κ1) is 18.4. The maximum absolute atomic E-state index is 2.53. The van der Waals surface area contributed by atoms with Crippen molar-refractivity contribution in [2.24, 2.45) is 0 Å². The topological polar surface area (TPSA) is 6.48 Å². The molecule has 0 aliphatic rings. The first-order chi connectivity index (χ1) is 11.7. The van der Waals surface area contributed by atoms with Crippen LogP contribution in [-0.4, -0.2) is 27.2 Å². The summed E-state index contributed by atoms with van der Waals surface area (Å²) in [6, 6.07) is 17.8. The molecular formula is C22H32N2. The van der Waals surface area contributed by atoms with Crippen molar-refractivity contribution in [3.05, 3.63) is 48.5 Å². The van der Waals surface area contributed by atoms with Gasteiger partial charge in [0.25, 0.3) is 0 Å². The quantitative estimate of drug-likeness (QED) is 0.573. The summed E-state index contributed by atoms with van der Waals surface area (Å²) >= 11 is 0. The zero-order valence-corrected chi connectivity index (χ0v) is 15.8. The predicted octanol–water partition coefficient (Wildman–Crippen LogP) is 5.83. The maximum atomic E-state index is 2.53. The minimum Gasteiger partial charge on any atom is -0.378 e. The molecule has 2 heteroatoms. The molecule has 0 unspecified atom stereocenters. The fourth-order valence-corrected chi connectivity index (χ4v) is 2.88. The van der Waals surface area contributed by atoms with E-state index in [-0.39, 0.29) is 0 Å². The van der Waals surface area contributed by atoms with Gasteiger partial charge in [-0.25, -0.2) is 0 Å². The molecule has 0 saturated carbocycles. The van der Waals surface area contributed by atoms with Crippen LogP contribution in [0.2, 0.25) is 0 Å². The fraction of sp³-hybridized carbons (Fsp3) is 0.455. The first-order valence-electron chi connectivity index (χ1n) is 9.28. The highest BCUT2D eigenvalue weighted by molar-refractivity contribution is 5.68. The Balaban J connectivity index is 2.12. The number of hydrogen-bond acceptors (Lipinski definition) is 2. The highest BCUT2D eigenvalue weighted by Crippen LogP contribution is 2.25. The Morgan fingerprint density at radius 1 is 0.625 bits per heavy atom. The molecule has 0 spiro atoms. The Morgan fingerprint density at radius 3 is 1.42 bits per heavy atom. The van der Waals surface area contributed by atoms with Crippen LogP contribution in [0.5, 0.6) is 0 Å². The number of unbranched alkanes of at least 4 members (excludes halogenated alkanes) is 2. The van der Waals surface area contributed by atoms with Crippen molar-refractivity contribution in [1.82, 2.24) is 0 Å². The number of benzene rings is 2. The van der Waals surface area contributed by atoms with Gasteiger partial charge in [0.15, 0.2) is 0 Å². The second kappa shape index (κ2) is 9.36. The van der Waals surface area contributed by atoms with E-state index in [4.69, 9.17) is 0 Å². The van der Waals surface area contributed by atoms with E-state index < -0.39 is 0 Å². The molecule has 130 valence electrons. The molecule has 2 aromatic carbocycles. The van der Waals surface area contributed by atoms with Gasteiger partial charge in [0, 0.05) is 38.6 Å². The predicted molar refractivity (Wildman–Crippen MR) is 108 cm³/mol. The van der Waals surface area contributed by atoms with Crippen LogP contribution < -0.4 is 9.80 Å². The molecule has 0 aliphatic heterocycles. The summed E-state index contributed by atoms with van der Waals surface area (Å²) in [5.41, 5.74) is 5.15. The summed E-state index contributed by atoms with van der Waals surface area (Å²) in [4.78, 5) is 4.66. The smallest absolute Gasteiger partial charge is 0.0366 e. The van der Waals surface area contributed by atoms with E-state index in [0.29, 0.717) is 0 Å². The monoisotopic (exact) mass is 324 g/mol. The maximum Gasteiger partial charge on any atom is 0.0366 e. The van der Waals surface area contributed by atoms with Crippen LogP contribution in [0.3, 0.4) is 0 Å². The summed E-state index contributed by atoms with van der Waals surface area (Å²) in [7, 11) is 4.15.